The van der Waals surface area contributed by atoms with E-state index in [1.54, 1.807) is 0 Å². The van der Waals surface area contributed by atoms with Gasteiger partial charge in [-0.2, -0.15) is 0 Å². The molecule has 1 heterocycles. The van der Waals surface area contributed by atoms with Gasteiger partial charge in [-0.05, 0) is 18.9 Å². The van der Waals surface area contributed by atoms with Crippen molar-refractivity contribution in [2.24, 2.45) is 5.41 Å². The van der Waals surface area contributed by atoms with E-state index in [9.17, 15) is 13.5 Å². The molecule has 0 aromatic carbocycles. The molecule has 2 atom stereocenters. The Bertz CT molecular complexity index is 572. The lowest BCUT2D eigenvalue weighted by molar-refractivity contribution is 0.127. The largest absolute Gasteiger partial charge is 0.396 e. The number of hydrogen-bond donors (Lipinski definition) is 2. The van der Waals surface area contributed by atoms with Crippen LogP contribution in [0.3, 0.4) is 0 Å². The van der Waals surface area contributed by atoms with Crippen LogP contribution >= 0.6 is 34.5 Å². The van der Waals surface area contributed by atoms with E-state index < -0.39 is 15.4 Å². The third-order valence-electron chi connectivity index (χ3n) is 3.66. The molecule has 0 aliphatic heterocycles. The van der Waals surface area contributed by atoms with Gasteiger partial charge in [-0.3, -0.25) is 0 Å². The maximum Gasteiger partial charge on any atom is 0.243 e. The van der Waals surface area contributed by atoms with E-state index >= 15 is 0 Å². The zero-order chi connectivity index (χ0) is 14.3. The Kier molecular flexibility index (Phi) is 4.50. The Hall–Kier alpha value is 0.150. The highest BCUT2D eigenvalue weighted by Gasteiger charge is 2.41. The van der Waals surface area contributed by atoms with Crippen LogP contribution in [0.4, 0.5) is 0 Å². The number of aliphatic hydroxyl groups excluding tert-OH is 1. The highest BCUT2D eigenvalue weighted by Crippen LogP contribution is 2.39. The zero-order valence-corrected chi connectivity index (χ0v) is 13.5. The predicted molar refractivity (Wildman–Crippen MR) is 77.5 cm³/mol. The molecule has 2 N–H and O–H groups in total. The molecular weight excluding hydrogens is 329 g/mol. The first kappa shape index (κ1) is 15.5. The third kappa shape index (κ3) is 3.09. The molecule has 0 spiro atoms. The summed E-state index contributed by atoms with van der Waals surface area (Å²) in [5, 5.41) is 9.44. The molecule has 0 radical (unpaired) electrons. The fraction of sp³-hybridized carbons (Fsp3) is 0.636. The van der Waals surface area contributed by atoms with Crippen LogP contribution in [0, 0.1) is 5.41 Å². The normalized spacial score (nSPS) is 27.9. The number of sulfonamides is 1. The molecule has 2 rings (SSSR count). The van der Waals surface area contributed by atoms with Crippen LogP contribution in [-0.4, -0.2) is 26.2 Å². The average Bonchev–Trinajstić information content (AvgIpc) is 2.84. The minimum Gasteiger partial charge on any atom is -0.396 e. The van der Waals surface area contributed by atoms with Gasteiger partial charge in [-0.15, -0.1) is 11.3 Å². The maximum absolute atomic E-state index is 12.3. The SMILES string of the molecule is CC1(CO)CCCC1NS(=O)(=O)c1cc(Cl)sc1Cl. The molecule has 0 bridgehead atoms. The summed E-state index contributed by atoms with van der Waals surface area (Å²) in [7, 11) is -3.70. The summed E-state index contributed by atoms with van der Waals surface area (Å²) in [4.78, 5) is 0.0105. The van der Waals surface area contributed by atoms with E-state index in [1.165, 1.54) is 6.07 Å². The third-order valence-corrected chi connectivity index (χ3v) is 6.88. The standard InChI is InChI=1S/C11H15Cl2NO3S2/c1-11(6-15)4-2-3-8(11)14-19(16,17)7-5-9(12)18-10(7)13/h5,8,14-15H,2-4,6H2,1H3. The van der Waals surface area contributed by atoms with Gasteiger partial charge in [0.15, 0.2) is 0 Å². The molecule has 1 aromatic heterocycles. The molecule has 1 aliphatic carbocycles. The fourth-order valence-corrected chi connectivity index (χ4v) is 5.94. The van der Waals surface area contributed by atoms with Crippen LogP contribution in [0.1, 0.15) is 26.2 Å². The first-order chi connectivity index (χ1) is 8.78. The van der Waals surface area contributed by atoms with E-state index in [2.05, 4.69) is 4.72 Å². The molecule has 0 saturated heterocycles. The van der Waals surface area contributed by atoms with E-state index in [1.807, 2.05) is 6.92 Å². The first-order valence-electron chi connectivity index (χ1n) is 5.86. The van der Waals surface area contributed by atoms with E-state index in [-0.39, 0.29) is 21.9 Å². The highest BCUT2D eigenvalue weighted by atomic mass is 35.5. The number of halogens is 2. The summed E-state index contributed by atoms with van der Waals surface area (Å²) >= 11 is 12.7. The van der Waals surface area contributed by atoms with Crippen molar-refractivity contribution in [2.75, 3.05) is 6.61 Å². The van der Waals surface area contributed by atoms with Gasteiger partial charge in [0.1, 0.15) is 9.23 Å². The minimum absolute atomic E-state index is 0.0105. The van der Waals surface area contributed by atoms with E-state index in [4.69, 9.17) is 23.2 Å². The molecule has 1 aliphatic rings. The molecule has 19 heavy (non-hydrogen) atoms. The second-order valence-electron chi connectivity index (χ2n) is 5.07. The summed E-state index contributed by atoms with van der Waals surface area (Å²) in [6, 6.07) is 1.07. The Labute approximate surface area is 126 Å². The van der Waals surface area contributed by atoms with Crippen molar-refractivity contribution < 1.29 is 13.5 Å². The second kappa shape index (κ2) is 5.50. The number of rotatable bonds is 4. The molecule has 1 saturated carbocycles. The maximum atomic E-state index is 12.3. The Morgan fingerprint density at radius 3 is 2.79 bits per heavy atom. The Morgan fingerprint density at radius 2 is 2.26 bits per heavy atom. The van der Waals surface area contributed by atoms with Crippen molar-refractivity contribution in [2.45, 2.75) is 37.1 Å². The lowest BCUT2D eigenvalue weighted by Gasteiger charge is -2.29. The number of nitrogens with one attached hydrogen (secondary N) is 1. The van der Waals surface area contributed by atoms with Crippen LogP contribution in [0.25, 0.3) is 0 Å². The second-order valence-corrected chi connectivity index (χ2v) is 9.03. The van der Waals surface area contributed by atoms with Crippen molar-refractivity contribution in [1.29, 1.82) is 0 Å². The predicted octanol–water partition coefficient (Wildman–Crippen LogP) is 2.88. The van der Waals surface area contributed by atoms with E-state index in [0.29, 0.717) is 10.8 Å². The summed E-state index contributed by atoms with van der Waals surface area (Å²) in [6.45, 7) is 1.84. The molecule has 4 nitrogen and oxygen atoms in total. The van der Waals surface area contributed by atoms with Crippen LogP contribution in [0.2, 0.25) is 8.67 Å². The average molecular weight is 344 g/mol. The summed E-state index contributed by atoms with van der Waals surface area (Å²) < 4.78 is 27.7. The van der Waals surface area contributed by atoms with Gasteiger partial charge in [0, 0.05) is 18.1 Å². The van der Waals surface area contributed by atoms with Gasteiger partial charge in [0.25, 0.3) is 0 Å². The number of hydrogen-bond acceptors (Lipinski definition) is 4. The molecule has 1 fully saturated rings. The summed E-state index contributed by atoms with van der Waals surface area (Å²) in [5.74, 6) is 0. The van der Waals surface area contributed by atoms with Gasteiger partial charge in [0.05, 0.1) is 4.34 Å². The van der Waals surface area contributed by atoms with Crippen molar-refractivity contribution in [3.8, 4) is 0 Å². The van der Waals surface area contributed by atoms with Crippen molar-refractivity contribution in [3.05, 3.63) is 14.7 Å². The van der Waals surface area contributed by atoms with Crippen LogP contribution in [-0.2, 0) is 10.0 Å². The first-order valence-corrected chi connectivity index (χ1v) is 8.92. The molecule has 1 aromatic rings. The van der Waals surface area contributed by atoms with Crippen LogP contribution in [0.15, 0.2) is 11.0 Å². The molecule has 2 unspecified atom stereocenters. The van der Waals surface area contributed by atoms with Crippen LogP contribution in [0.5, 0.6) is 0 Å². The van der Waals surface area contributed by atoms with Gasteiger partial charge < -0.3 is 5.11 Å². The smallest absolute Gasteiger partial charge is 0.243 e. The Morgan fingerprint density at radius 1 is 1.58 bits per heavy atom. The quantitative estimate of drug-likeness (QED) is 0.883. The highest BCUT2D eigenvalue weighted by molar-refractivity contribution is 7.89. The van der Waals surface area contributed by atoms with Crippen LogP contribution < -0.4 is 4.72 Å². The van der Waals surface area contributed by atoms with Crippen molar-refractivity contribution in [3.63, 3.8) is 0 Å². The van der Waals surface area contributed by atoms with E-state index in [0.717, 1.165) is 24.2 Å². The molecule has 108 valence electrons. The molecule has 8 heteroatoms. The van der Waals surface area contributed by atoms with Crippen molar-refractivity contribution in [1.82, 2.24) is 4.72 Å². The minimum atomic E-state index is -3.70. The lowest BCUT2D eigenvalue weighted by atomic mass is 9.86. The lowest BCUT2D eigenvalue weighted by Crippen LogP contribution is -2.44. The van der Waals surface area contributed by atoms with Gasteiger partial charge >= 0.3 is 0 Å². The monoisotopic (exact) mass is 343 g/mol. The number of aliphatic hydroxyl groups is 1. The van der Waals surface area contributed by atoms with Gasteiger partial charge in [0.2, 0.25) is 10.0 Å². The summed E-state index contributed by atoms with van der Waals surface area (Å²) in [6.07, 6.45) is 2.41. The number of thiophene rings is 1. The fourth-order valence-electron chi connectivity index (χ4n) is 2.38. The van der Waals surface area contributed by atoms with Gasteiger partial charge in [-0.25, -0.2) is 13.1 Å². The van der Waals surface area contributed by atoms with Crippen molar-refractivity contribution >= 4 is 44.6 Å². The topological polar surface area (TPSA) is 66.4 Å². The molecular formula is C11H15Cl2NO3S2. The Balaban J connectivity index is 2.25. The zero-order valence-electron chi connectivity index (χ0n) is 10.3. The summed E-state index contributed by atoms with van der Waals surface area (Å²) in [5.41, 5.74) is -0.417. The van der Waals surface area contributed by atoms with Gasteiger partial charge in [-0.1, -0.05) is 36.5 Å². The molecule has 0 amide bonds.